The fraction of sp³-hybridized carbons (Fsp3) is 1.00. The maximum atomic E-state index is 11.4. The van der Waals surface area contributed by atoms with Gasteiger partial charge in [0.05, 0.1) is 0 Å². The molecular formula is C10H24N2O3P+. The minimum Gasteiger partial charge on any atom is -0.277 e. The van der Waals surface area contributed by atoms with Crippen LogP contribution in [0.4, 0.5) is 0 Å². The van der Waals surface area contributed by atoms with E-state index in [2.05, 4.69) is 0 Å². The number of hydrogen-bond donors (Lipinski definition) is 0. The molecule has 0 unspecified atom stereocenters. The molecule has 0 aromatic carbocycles. The van der Waals surface area contributed by atoms with Crippen LogP contribution in [0.5, 0.6) is 0 Å². The summed E-state index contributed by atoms with van der Waals surface area (Å²) >= 11 is 0. The van der Waals surface area contributed by atoms with Crippen molar-refractivity contribution in [3.8, 4) is 0 Å². The van der Waals surface area contributed by atoms with Gasteiger partial charge in [0.2, 0.25) is 0 Å². The summed E-state index contributed by atoms with van der Waals surface area (Å²) in [6.07, 6.45) is 0. The van der Waals surface area contributed by atoms with E-state index in [1.54, 1.807) is 0 Å². The first-order chi connectivity index (χ1) is 7.67. The molecule has 0 aliphatic carbocycles. The first kappa shape index (κ1) is 15.9. The Morgan fingerprint density at radius 3 is 1.38 bits per heavy atom. The van der Waals surface area contributed by atoms with E-state index < -0.39 is 8.25 Å². The smallest absolute Gasteiger partial charge is 0.277 e. The second-order valence-corrected chi connectivity index (χ2v) is 4.31. The van der Waals surface area contributed by atoms with E-state index in [1.165, 1.54) is 0 Å². The van der Waals surface area contributed by atoms with Gasteiger partial charge in [-0.1, -0.05) is 27.7 Å². The van der Waals surface area contributed by atoms with E-state index in [9.17, 15) is 4.57 Å². The molecule has 0 aliphatic heterocycles. The molecule has 0 N–H and O–H groups in total. The minimum atomic E-state index is -2.00. The molecule has 16 heavy (non-hydrogen) atoms. The van der Waals surface area contributed by atoms with Crippen molar-refractivity contribution in [3.05, 3.63) is 0 Å². The Hall–Kier alpha value is -0.0600. The fourth-order valence-electron chi connectivity index (χ4n) is 1.11. The monoisotopic (exact) mass is 251 g/mol. The molecule has 0 amide bonds. The predicted octanol–water partition coefficient (Wildman–Crippen LogP) is 2.28. The van der Waals surface area contributed by atoms with Crippen LogP contribution in [0.3, 0.4) is 0 Å². The van der Waals surface area contributed by atoms with Crippen molar-refractivity contribution in [3.63, 3.8) is 0 Å². The summed E-state index contributed by atoms with van der Waals surface area (Å²) in [5.41, 5.74) is 0. The van der Waals surface area contributed by atoms with Crippen LogP contribution in [0.1, 0.15) is 27.7 Å². The third-order valence-electron chi connectivity index (χ3n) is 2.48. The van der Waals surface area contributed by atoms with Crippen molar-refractivity contribution >= 4 is 8.25 Å². The molecule has 0 heterocycles. The Kier molecular flexibility index (Phi) is 10.1. The lowest BCUT2D eigenvalue weighted by Gasteiger charge is -2.14. The largest absolute Gasteiger partial charge is 0.700 e. The quantitative estimate of drug-likeness (QED) is 0.440. The predicted molar refractivity (Wildman–Crippen MR) is 65.4 cm³/mol. The molecule has 0 aromatic heterocycles. The Bertz CT molecular complexity index is 167. The molecule has 0 saturated carbocycles. The maximum absolute atomic E-state index is 11.4. The summed E-state index contributed by atoms with van der Waals surface area (Å²) in [6, 6.07) is 0. The van der Waals surface area contributed by atoms with E-state index in [0.717, 1.165) is 26.2 Å². The summed E-state index contributed by atoms with van der Waals surface area (Å²) < 4.78 is 21.6. The zero-order chi connectivity index (χ0) is 12.4. The van der Waals surface area contributed by atoms with Crippen molar-refractivity contribution in [2.45, 2.75) is 27.7 Å². The molecule has 0 saturated heterocycles. The van der Waals surface area contributed by atoms with Crippen LogP contribution >= 0.6 is 8.25 Å². The molecule has 0 atom stereocenters. The average molecular weight is 251 g/mol. The highest BCUT2D eigenvalue weighted by Gasteiger charge is 2.22. The van der Waals surface area contributed by atoms with Gasteiger partial charge in [-0.25, -0.2) is 0 Å². The van der Waals surface area contributed by atoms with Gasteiger partial charge in [-0.3, -0.25) is 9.80 Å². The van der Waals surface area contributed by atoms with Gasteiger partial charge in [0.25, 0.3) is 0 Å². The Balaban J connectivity index is 3.65. The summed E-state index contributed by atoms with van der Waals surface area (Å²) in [5, 5.41) is 0. The van der Waals surface area contributed by atoms with Crippen molar-refractivity contribution in [1.82, 2.24) is 9.80 Å². The van der Waals surface area contributed by atoms with Gasteiger partial charge in [-0.15, -0.1) is 9.05 Å². The Morgan fingerprint density at radius 2 is 1.12 bits per heavy atom. The van der Waals surface area contributed by atoms with Crippen LogP contribution in [0, 0.1) is 0 Å². The molecule has 0 spiro atoms. The molecule has 0 aliphatic rings. The van der Waals surface area contributed by atoms with Gasteiger partial charge in [-0.2, -0.15) is 0 Å². The Labute approximate surface area is 99.6 Å². The average Bonchev–Trinajstić information content (AvgIpc) is 2.31. The number of nitrogens with zero attached hydrogens (tertiary/aromatic N) is 2. The van der Waals surface area contributed by atoms with Crippen molar-refractivity contribution < 1.29 is 13.6 Å². The van der Waals surface area contributed by atoms with Crippen molar-refractivity contribution in [2.75, 3.05) is 39.6 Å². The van der Waals surface area contributed by atoms with E-state index in [0.29, 0.717) is 13.5 Å². The van der Waals surface area contributed by atoms with E-state index in [4.69, 9.17) is 9.05 Å². The maximum Gasteiger partial charge on any atom is 0.700 e. The topological polar surface area (TPSA) is 42.0 Å². The van der Waals surface area contributed by atoms with Gasteiger partial charge < -0.3 is 0 Å². The van der Waals surface area contributed by atoms with Crippen LogP contribution in [0.25, 0.3) is 0 Å². The van der Waals surface area contributed by atoms with Crippen molar-refractivity contribution in [1.29, 1.82) is 0 Å². The first-order valence-electron chi connectivity index (χ1n) is 5.85. The van der Waals surface area contributed by atoms with Gasteiger partial charge >= 0.3 is 8.25 Å². The summed E-state index contributed by atoms with van der Waals surface area (Å²) in [7, 11) is -2.00. The lowest BCUT2D eigenvalue weighted by atomic mass is 10.6. The molecule has 0 rings (SSSR count). The standard InChI is InChI=1S/C10H24N2O3P/c1-5-11(6-2)9-14-16(13)15-10-12(7-3)8-4/h5-10H2,1-4H3/q+1. The van der Waals surface area contributed by atoms with Crippen LogP contribution in [0.2, 0.25) is 0 Å². The van der Waals surface area contributed by atoms with Crippen LogP contribution in [0.15, 0.2) is 0 Å². The highest BCUT2D eigenvalue weighted by Crippen LogP contribution is 2.23. The zero-order valence-corrected chi connectivity index (χ0v) is 11.7. The summed E-state index contributed by atoms with van der Waals surface area (Å²) in [4.78, 5) is 4.07. The van der Waals surface area contributed by atoms with Gasteiger partial charge in [0, 0.05) is 4.57 Å². The molecule has 6 heteroatoms. The lowest BCUT2D eigenvalue weighted by molar-refractivity contribution is 0.0889. The van der Waals surface area contributed by atoms with E-state index in [1.807, 2.05) is 37.5 Å². The SMILES string of the molecule is CCN(CC)CO[P+](=O)OCN(CC)CC. The molecule has 0 bridgehead atoms. The third kappa shape index (κ3) is 7.25. The molecule has 0 radical (unpaired) electrons. The third-order valence-corrected chi connectivity index (χ3v) is 3.13. The summed E-state index contributed by atoms with van der Waals surface area (Å²) in [6.45, 7) is 12.4. The van der Waals surface area contributed by atoms with Crippen LogP contribution in [-0.4, -0.2) is 49.4 Å². The van der Waals surface area contributed by atoms with Gasteiger partial charge in [0.15, 0.2) is 13.5 Å². The second-order valence-electron chi connectivity index (χ2n) is 3.35. The van der Waals surface area contributed by atoms with Crippen LogP contribution in [-0.2, 0) is 13.6 Å². The van der Waals surface area contributed by atoms with Gasteiger partial charge in [-0.05, 0) is 26.2 Å². The second kappa shape index (κ2) is 10.1. The van der Waals surface area contributed by atoms with E-state index >= 15 is 0 Å². The molecule has 0 aromatic rings. The number of hydrogen-bond acceptors (Lipinski definition) is 5. The first-order valence-corrected chi connectivity index (χ1v) is 6.95. The van der Waals surface area contributed by atoms with Gasteiger partial charge in [0.1, 0.15) is 0 Å². The molecule has 0 fully saturated rings. The zero-order valence-electron chi connectivity index (χ0n) is 10.8. The normalized spacial score (nSPS) is 11.4. The Morgan fingerprint density at radius 1 is 0.812 bits per heavy atom. The molecule has 5 nitrogen and oxygen atoms in total. The summed E-state index contributed by atoms with van der Waals surface area (Å²) in [5.74, 6) is 0. The minimum absolute atomic E-state index is 0.362. The fourth-order valence-corrected chi connectivity index (χ4v) is 1.70. The lowest BCUT2D eigenvalue weighted by Crippen LogP contribution is -2.26. The van der Waals surface area contributed by atoms with Crippen LogP contribution < -0.4 is 0 Å². The highest BCUT2D eigenvalue weighted by atomic mass is 31.1. The van der Waals surface area contributed by atoms with E-state index in [-0.39, 0.29) is 0 Å². The molecule has 96 valence electrons. The highest BCUT2D eigenvalue weighted by molar-refractivity contribution is 7.33. The molecular weight excluding hydrogens is 227 g/mol. The number of rotatable bonds is 10. The van der Waals surface area contributed by atoms with Crippen molar-refractivity contribution in [2.24, 2.45) is 0 Å².